The summed E-state index contributed by atoms with van der Waals surface area (Å²) >= 11 is 0. The molecule has 0 saturated carbocycles. The van der Waals surface area contributed by atoms with Crippen LogP contribution in [0, 0.1) is 11.3 Å². The molecule has 3 rings (SSSR count). The van der Waals surface area contributed by atoms with Gasteiger partial charge in [0, 0.05) is 34.9 Å². The first-order valence-electron chi connectivity index (χ1n) is 8.31. The smallest absolute Gasteiger partial charge is 0.229 e. The summed E-state index contributed by atoms with van der Waals surface area (Å²) in [5.74, 6) is 0. The Morgan fingerprint density at radius 2 is 2.04 bits per heavy atom. The summed E-state index contributed by atoms with van der Waals surface area (Å²) in [5, 5.41) is 9.94. The second-order valence-electron chi connectivity index (χ2n) is 6.36. The fraction of sp³-hybridized carbons (Fsp3) is 0.263. The second kappa shape index (κ2) is 7.99. The molecule has 0 spiro atoms. The zero-order valence-corrected chi connectivity index (χ0v) is 16.9. The van der Waals surface area contributed by atoms with E-state index in [9.17, 15) is 8.42 Å². The number of fused-ring (bicyclic) bond motifs is 1. The van der Waals surface area contributed by atoms with Gasteiger partial charge in [0.05, 0.1) is 17.5 Å². The molecule has 1 unspecified atom stereocenters. The van der Waals surface area contributed by atoms with Gasteiger partial charge in [-0.1, -0.05) is 13.0 Å². The van der Waals surface area contributed by atoms with Crippen LogP contribution in [-0.4, -0.2) is 24.2 Å². The fourth-order valence-corrected chi connectivity index (χ4v) is 3.49. The first-order chi connectivity index (χ1) is 12.3. The maximum absolute atomic E-state index is 11.5. The summed E-state index contributed by atoms with van der Waals surface area (Å²) in [6, 6.07) is 11.4. The lowest BCUT2D eigenvalue weighted by molar-refractivity contribution is 0.548. The summed E-state index contributed by atoms with van der Waals surface area (Å²) in [6.45, 7) is 4.23. The molecule has 8 heteroatoms. The Bertz CT molecular complexity index is 1100. The normalized spacial score (nSPS) is 12.2. The maximum Gasteiger partial charge on any atom is 0.229 e. The van der Waals surface area contributed by atoms with E-state index < -0.39 is 10.0 Å². The van der Waals surface area contributed by atoms with Crippen LogP contribution in [0.1, 0.15) is 32.0 Å². The van der Waals surface area contributed by atoms with Gasteiger partial charge in [0.2, 0.25) is 10.0 Å². The summed E-state index contributed by atoms with van der Waals surface area (Å²) in [7, 11) is -3.34. The van der Waals surface area contributed by atoms with Crippen molar-refractivity contribution in [1.29, 1.82) is 5.26 Å². The minimum atomic E-state index is -3.34. The number of rotatable bonds is 5. The molecule has 0 aliphatic carbocycles. The highest BCUT2D eigenvalue weighted by Crippen LogP contribution is 2.34. The highest BCUT2D eigenvalue weighted by atomic mass is 35.5. The lowest BCUT2D eigenvalue weighted by Gasteiger charge is -2.13. The standard InChI is InChI=1S/C19H20N4O2S.ClH/c1-4-13(2)23-12-18(14-5-6-16(10-20)21-11-14)17-8-7-15(9-19(17)23)22-26(3,24)25;/h5-9,11-13,22H,4H2,1-3H3;1H. The number of pyridine rings is 1. The lowest BCUT2D eigenvalue weighted by atomic mass is 10.1. The van der Waals surface area contributed by atoms with Crippen LogP contribution < -0.4 is 4.72 Å². The molecule has 1 N–H and O–H groups in total. The number of hydrogen-bond donors (Lipinski definition) is 1. The minimum Gasteiger partial charge on any atom is -0.344 e. The molecule has 0 saturated heterocycles. The number of nitrogens with one attached hydrogen (secondary N) is 1. The van der Waals surface area contributed by atoms with Crippen LogP contribution in [0.15, 0.2) is 42.7 Å². The first-order valence-corrected chi connectivity index (χ1v) is 10.2. The molecule has 2 aromatic heterocycles. The Morgan fingerprint density at radius 1 is 1.30 bits per heavy atom. The Hall–Kier alpha value is -2.56. The molecule has 0 aliphatic rings. The average Bonchev–Trinajstić information content (AvgIpc) is 2.98. The summed E-state index contributed by atoms with van der Waals surface area (Å²) < 4.78 is 27.8. The van der Waals surface area contributed by atoms with E-state index in [1.54, 1.807) is 18.3 Å². The van der Waals surface area contributed by atoms with Gasteiger partial charge in [0.1, 0.15) is 11.8 Å². The Balaban J connectivity index is 0.00000261. The van der Waals surface area contributed by atoms with E-state index in [-0.39, 0.29) is 18.4 Å². The number of nitriles is 1. The summed E-state index contributed by atoms with van der Waals surface area (Å²) in [4.78, 5) is 4.16. The predicted molar refractivity (Wildman–Crippen MR) is 111 cm³/mol. The maximum atomic E-state index is 11.5. The molecule has 0 radical (unpaired) electrons. The van der Waals surface area contributed by atoms with Gasteiger partial charge < -0.3 is 4.57 Å². The number of aromatic nitrogens is 2. The third kappa shape index (κ3) is 4.41. The van der Waals surface area contributed by atoms with Crippen LogP contribution in [0.3, 0.4) is 0 Å². The van der Waals surface area contributed by atoms with E-state index >= 15 is 0 Å². The number of nitrogens with zero attached hydrogens (tertiary/aromatic N) is 3. The Morgan fingerprint density at radius 3 is 2.59 bits per heavy atom. The molecule has 0 fully saturated rings. The van der Waals surface area contributed by atoms with E-state index in [0.717, 1.165) is 34.7 Å². The van der Waals surface area contributed by atoms with Gasteiger partial charge in [0.15, 0.2) is 0 Å². The van der Waals surface area contributed by atoms with Crippen LogP contribution in [-0.2, 0) is 10.0 Å². The second-order valence-corrected chi connectivity index (χ2v) is 8.11. The number of sulfonamides is 1. The number of halogens is 1. The van der Waals surface area contributed by atoms with Gasteiger partial charge in [-0.2, -0.15) is 5.26 Å². The van der Waals surface area contributed by atoms with Gasteiger partial charge in [-0.3, -0.25) is 4.72 Å². The molecule has 3 aromatic rings. The van der Waals surface area contributed by atoms with Crippen molar-refractivity contribution in [2.45, 2.75) is 26.3 Å². The molecule has 142 valence electrons. The monoisotopic (exact) mass is 404 g/mol. The third-order valence-electron chi connectivity index (χ3n) is 4.39. The molecule has 1 aromatic carbocycles. The Labute approximate surface area is 165 Å². The first kappa shape index (κ1) is 20.7. The van der Waals surface area contributed by atoms with Crippen molar-refractivity contribution in [3.63, 3.8) is 0 Å². The van der Waals surface area contributed by atoms with Crippen LogP contribution >= 0.6 is 12.4 Å². The zero-order chi connectivity index (χ0) is 18.9. The van der Waals surface area contributed by atoms with Crippen molar-refractivity contribution >= 4 is 39.0 Å². The summed E-state index contributed by atoms with van der Waals surface area (Å²) in [5.41, 5.74) is 3.78. The largest absolute Gasteiger partial charge is 0.344 e. The third-order valence-corrected chi connectivity index (χ3v) is 5.00. The van der Waals surface area contributed by atoms with Crippen molar-refractivity contribution in [2.75, 3.05) is 11.0 Å². The zero-order valence-electron chi connectivity index (χ0n) is 15.3. The SMILES string of the molecule is CCC(C)n1cc(-c2ccc(C#N)nc2)c2ccc(NS(C)(=O)=O)cc21.Cl. The van der Waals surface area contributed by atoms with Crippen molar-refractivity contribution in [3.8, 4) is 17.2 Å². The molecule has 27 heavy (non-hydrogen) atoms. The van der Waals surface area contributed by atoms with Gasteiger partial charge in [-0.15, -0.1) is 12.4 Å². The highest BCUT2D eigenvalue weighted by molar-refractivity contribution is 7.92. The van der Waals surface area contributed by atoms with Crippen molar-refractivity contribution in [3.05, 3.63) is 48.4 Å². The minimum absolute atomic E-state index is 0. The van der Waals surface area contributed by atoms with E-state index in [1.807, 2.05) is 24.3 Å². The van der Waals surface area contributed by atoms with Crippen LogP contribution in [0.4, 0.5) is 5.69 Å². The van der Waals surface area contributed by atoms with E-state index in [0.29, 0.717) is 11.4 Å². The molecule has 0 amide bonds. The molecule has 0 aliphatic heterocycles. The topological polar surface area (TPSA) is 87.8 Å². The fourth-order valence-electron chi connectivity index (χ4n) is 2.94. The van der Waals surface area contributed by atoms with Gasteiger partial charge in [-0.05, 0) is 37.6 Å². The van der Waals surface area contributed by atoms with Crippen molar-refractivity contribution in [1.82, 2.24) is 9.55 Å². The molecule has 0 bridgehead atoms. The van der Waals surface area contributed by atoms with Gasteiger partial charge in [-0.25, -0.2) is 13.4 Å². The van der Waals surface area contributed by atoms with Gasteiger partial charge >= 0.3 is 0 Å². The molecule has 1 atom stereocenters. The molecule has 6 nitrogen and oxygen atoms in total. The lowest BCUT2D eigenvalue weighted by Crippen LogP contribution is -2.09. The van der Waals surface area contributed by atoms with E-state index in [4.69, 9.17) is 5.26 Å². The van der Waals surface area contributed by atoms with Crippen LogP contribution in [0.5, 0.6) is 0 Å². The quantitative estimate of drug-likeness (QED) is 0.685. The van der Waals surface area contributed by atoms with E-state index in [1.165, 1.54) is 0 Å². The molecular weight excluding hydrogens is 384 g/mol. The molecular formula is C19H21ClN4O2S. The Kier molecular flexibility index (Phi) is 6.14. The summed E-state index contributed by atoms with van der Waals surface area (Å²) in [6.07, 6.45) is 5.83. The van der Waals surface area contributed by atoms with Crippen LogP contribution in [0.2, 0.25) is 0 Å². The number of hydrogen-bond acceptors (Lipinski definition) is 4. The van der Waals surface area contributed by atoms with Crippen molar-refractivity contribution in [2.24, 2.45) is 0 Å². The number of anilines is 1. The van der Waals surface area contributed by atoms with Crippen molar-refractivity contribution < 1.29 is 8.42 Å². The highest BCUT2D eigenvalue weighted by Gasteiger charge is 2.15. The molecule has 2 heterocycles. The number of benzene rings is 1. The average molecular weight is 405 g/mol. The van der Waals surface area contributed by atoms with Gasteiger partial charge in [0.25, 0.3) is 0 Å². The van der Waals surface area contributed by atoms with Crippen LogP contribution in [0.25, 0.3) is 22.0 Å². The predicted octanol–water partition coefficient (Wildman–Crippen LogP) is 4.34. The van der Waals surface area contributed by atoms with E-state index in [2.05, 4.69) is 34.3 Å².